The van der Waals surface area contributed by atoms with Gasteiger partial charge in [-0.05, 0) is 61.4 Å². The lowest BCUT2D eigenvalue weighted by Gasteiger charge is -2.30. The van der Waals surface area contributed by atoms with Crippen molar-refractivity contribution in [3.8, 4) is 0 Å². The van der Waals surface area contributed by atoms with Crippen LogP contribution in [-0.2, 0) is 21.2 Å². The van der Waals surface area contributed by atoms with Gasteiger partial charge in [-0.1, -0.05) is 37.3 Å². The van der Waals surface area contributed by atoms with Crippen LogP contribution in [-0.4, -0.2) is 31.7 Å². The van der Waals surface area contributed by atoms with E-state index in [1.54, 1.807) is 28.6 Å². The molecule has 2 aromatic rings. The number of hydrogen-bond donors (Lipinski definition) is 1. The molecule has 0 aliphatic carbocycles. The third-order valence-corrected chi connectivity index (χ3v) is 6.99. The quantitative estimate of drug-likeness (QED) is 0.762. The molecule has 0 saturated carbocycles. The van der Waals surface area contributed by atoms with E-state index in [0.29, 0.717) is 31.1 Å². The Kier molecular flexibility index (Phi) is 6.86. The summed E-state index contributed by atoms with van der Waals surface area (Å²) < 4.78 is 27.1. The van der Waals surface area contributed by atoms with E-state index in [1.165, 1.54) is 5.56 Å². The molecule has 150 valence electrons. The molecule has 1 heterocycles. The van der Waals surface area contributed by atoms with Crippen molar-refractivity contribution >= 4 is 21.6 Å². The molecule has 3 rings (SSSR count). The monoisotopic (exact) mass is 400 g/mol. The van der Waals surface area contributed by atoms with Gasteiger partial charge in [0, 0.05) is 25.2 Å². The Morgan fingerprint density at radius 1 is 1.11 bits per heavy atom. The van der Waals surface area contributed by atoms with Crippen molar-refractivity contribution in [3.05, 3.63) is 60.2 Å². The molecular weight excluding hydrogens is 372 g/mol. The molecule has 1 fully saturated rings. The molecule has 0 radical (unpaired) electrons. The van der Waals surface area contributed by atoms with Gasteiger partial charge in [-0.25, -0.2) is 8.42 Å². The van der Waals surface area contributed by atoms with E-state index >= 15 is 0 Å². The molecule has 1 unspecified atom stereocenters. The second-order valence-corrected chi connectivity index (χ2v) is 9.46. The number of nitrogens with zero attached hydrogens (tertiary/aromatic N) is 1. The lowest BCUT2D eigenvalue weighted by atomic mass is 10.0. The summed E-state index contributed by atoms with van der Waals surface area (Å²) in [5.74, 6) is 0.328. The number of carbonyl (C=O) groups is 1. The Balaban J connectivity index is 1.53. The maximum atomic E-state index is 12.8. The number of hydrogen-bond acceptors (Lipinski definition) is 3. The van der Waals surface area contributed by atoms with Crippen LogP contribution in [0.4, 0.5) is 5.69 Å². The molecule has 1 aliphatic rings. The molecule has 1 aliphatic heterocycles. The van der Waals surface area contributed by atoms with Crippen LogP contribution in [0.3, 0.4) is 0 Å². The molecule has 0 spiro atoms. The van der Waals surface area contributed by atoms with Crippen molar-refractivity contribution in [2.75, 3.05) is 18.4 Å². The minimum Gasteiger partial charge on any atom is -0.326 e. The highest BCUT2D eigenvalue weighted by atomic mass is 32.2. The second-order valence-electron chi connectivity index (χ2n) is 7.52. The van der Waals surface area contributed by atoms with E-state index in [1.807, 2.05) is 18.2 Å². The standard InChI is InChI=1S/C22H28N2O3S/c1-18-7-6-16-24(17-18)28(26,27)21-14-12-20(13-15-21)23-22(25)11-5-10-19-8-3-2-4-9-19/h2-4,8-9,12-15,18H,5-7,10-11,16-17H2,1H3,(H,23,25). The molecule has 1 amide bonds. The second kappa shape index (κ2) is 9.34. The number of benzene rings is 2. The molecule has 0 aromatic heterocycles. The van der Waals surface area contributed by atoms with Crippen molar-refractivity contribution < 1.29 is 13.2 Å². The number of carbonyl (C=O) groups excluding carboxylic acids is 1. The SMILES string of the molecule is CC1CCCN(S(=O)(=O)c2ccc(NC(=O)CCCc3ccccc3)cc2)C1. The lowest BCUT2D eigenvalue weighted by Crippen LogP contribution is -2.39. The van der Waals surface area contributed by atoms with Gasteiger partial charge in [-0.2, -0.15) is 4.31 Å². The molecule has 6 heteroatoms. The van der Waals surface area contributed by atoms with Crippen molar-refractivity contribution in [3.63, 3.8) is 0 Å². The zero-order valence-corrected chi connectivity index (χ0v) is 17.1. The van der Waals surface area contributed by atoms with E-state index in [4.69, 9.17) is 0 Å². The Labute approximate surface area is 167 Å². The normalized spacial score (nSPS) is 18.0. The Morgan fingerprint density at radius 3 is 2.50 bits per heavy atom. The number of amides is 1. The third kappa shape index (κ3) is 5.42. The van der Waals surface area contributed by atoms with Crippen LogP contribution in [0.1, 0.15) is 38.2 Å². The van der Waals surface area contributed by atoms with Crippen molar-refractivity contribution in [2.45, 2.75) is 43.9 Å². The molecule has 1 saturated heterocycles. The summed E-state index contributed by atoms with van der Waals surface area (Å²) in [7, 11) is -3.46. The van der Waals surface area contributed by atoms with Crippen LogP contribution >= 0.6 is 0 Å². The fourth-order valence-electron chi connectivity index (χ4n) is 3.55. The maximum Gasteiger partial charge on any atom is 0.243 e. The van der Waals surface area contributed by atoms with Gasteiger partial charge in [0.05, 0.1) is 4.90 Å². The molecular formula is C22H28N2O3S. The largest absolute Gasteiger partial charge is 0.326 e. The minimum absolute atomic E-state index is 0.0589. The van der Waals surface area contributed by atoms with Gasteiger partial charge < -0.3 is 5.32 Å². The third-order valence-electron chi connectivity index (χ3n) is 5.11. The van der Waals surface area contributed by atoms with Gasteiger partial charge in [0.1, 0.15) is 0 Å². The van der Waals surface area contributed by atoms with E-state index < -0.39 is 10.0 Å². The number of aryl methyl sites for hydroxylation is 1. The van der Waals surface area contributed by atoms with Crippen LogP contribution < -0.4 is 5.32 Å². The van der Waals surface area contributed by atoms with Crippen LogP contribution in [0.15, 0.2) is 59.5 Å². The molecule has 1 atom stereocenters. The Hall–Kier alpha value is -2.18. The van der Waals surface area contributed by atoms with Gasteiger partial charge in [-0.15, -0.1) is 0 Å². The summed E-state index contributed by atoms with van der Waals surface area (Å²) in [5.41, 5.74) is 1.84. The van der Waals surface area contributed by atoms with Gasteiger partial charge in [-0.3, -0.25) is 4.79 Å². The van der Waals surface area contributed by atoms with E-state index in [2.05, 4.69) is 24.4 Å². The van der Waals surface area contributed by atoms with Crippen molar-refractivity contribution in [2.24, 2.45) is 5.92 Å². The number of piperidine rings is 1. The van der Waals surface area contributed by atoms with Crippen molar-refractivity contribution in [1.29, 1.82) is 0 Å². The number of nitrogens with one attached hydrogen (secondary N) is 1. The average Bonchev–Trinajstić information content (AvgIpc) is 2.69. The zero-order chi connectivity index (χ0) is 20.0. The van der Waals surface area contributed by atoms with Gasteiger partial charge in [0.15, 0.2) is 0 Å². The van der Waals surface area contributed by atoms with Crippen LogP contribution in [0.5, 0.6) is 0 Å². The highest BCUT2D eigenvalue weighted by Gasteiger charge is 2.28. The molecule has 28 heavy (non-hydrogen) atoms. The Morgan fingerprint density at radius 2 is 1.82 bits per heavy atom. The summed E-state index contributed by atoms with van der Waals surface area (Å²) in [4.78, 5) is 12.4. The fraction of sp³-hybridized carbons (Fsp3) is 0.409. The first-order chi connectivity index (χ1) is 13.4. The zero-order valence-electron chi connectivity index (χ0n) is 16.3. The number of rotatable bonds is 7. The minimum atomic E-state index is -3.46. The first kappa shape index (κ1) is 20.6. The van der Waals surface area contributed by atoms with Gasteiger partial charge in [0.25, 0.3) is 0 Å². The summed E-state index contributed by atoms with van der Waals surface area (Å²) >= 11 is 0. The van der Waals surface area contributed by atoms with Gasteiger partial charge >= 0.3 is 0 Å². The van der Waals surface area contributed by atoms with Crippen molar-refractivity contribution in [1.82, 2.24) is 4.31 Å². The Bertz CT molecular complexity index is 880. The molecule has 5 nitrogen and oxygen atoms in total. The van der Waals surface area contributed by atoms with E-state index in [9.17, 15) is 13.2 Å². The molecule has 0 bridgehead atoms. The van der Waals surface area contributed by atoms with Crippen LogP contribution in [0, 0.1) is 5.92 Å². The highest BCUT2D eigenvalue weighted by Crippen LogP contribution is 2.24. The fourth-order valence-corrected chi connectivity index (χ4v) is 5.14. The van der Waals surface area contributed by atoms with Crippen LogP contribution in [0.2, 0.25) is 0 Å². The topological polar surface area (TPSA) is 66.5 Å². The first-order valence-electron chi connectivity index (χ1n) is 9.89. The summed E-state index contributed by atoms with van der Waals surface area (Å²) in [6.45, 7) is 3.23. The molecule has 2 aromatic carbocycles. The predicted octanol–water partition coefficient (Wildman–Crippen LogP) is 4.07. The van der Waals surface area contributed by atoms with E-state index in [-0.39, 0.29) is 10.8 Å². The number of sulfonamides is 1. The van der Waals surface area contributed by atoms with E-state index in [0.717, 1.165) is 25.7 Å². The number of anilines is 1. The molecule has 1 N–H and O–H groups in total. The first-order valence-corrected chi connectivity index (χ1v) is 11.3. The average molecular weight is 401 g/mol. The van der Waals surface area contributed by atoms with Crippen LogP contribution in [0.25, 0.3) is 0 Å². The summed E-state index contributed by atoms with van der Waals surface area (Å²) in [6, 6.07) is 16.6. The smallest absolute Gasteiger partial charge is 0.243 e. The summed E-state index contributed by atoms with van der Waals surface area (Å²) in [5, 5.41) is 2.85. The maximum absolute atomic E-state index is 12.8. The summed E-state index contributed by atoms with van der Waals surface area (Å²) in [6.07, 6.45) is 4.04. The lowest BCUT2D eigenvalue weighted by molar-refractivity contribution is -0.116. The predicted molar refractivity (Wildman–Crippen MR) is 112 cm³/mol. The highest BCUT2D eigenvalue weighted by molar-refractivity contribution is 7.89. The van der Waals surface area contributed by atoms with Gasteiger partial charge in [0.2, 0.25) is 15.9 Å².